The minimum absolute atomic E-state index is 0.0697. The van der Waals surface area contributed by atoms with E-state index in [0.29, 0.717) is 49.5 Å². The number of carbonyl (C=O) groups is 4. The summed E-state index contributed by atoms with van der Waals surface area (Å²) in [6, 6.07) is 21.1. The second-order valence-electron chi connectivity index (χ2n) is 11.4. The number of methoxy groups -OCH3 is 1. The molecular formula is C34H38N4O6. The Morgan fingerprint density at radius 3 is 2.32 bits per heavy atom. The average Bonchev–Trinajstić information content (AvgIpc) is 3.05. The van der Waals surface area contributed by atoms with Gasteiger partial charge in [0.25, 0.3) is 0 Å². The Labute approximate surface area is 257 Å². The van der Waals surface area contributed by atoms with Gasteiger partial charge in [0, 0.05) is 38.3 Å². The second kappa shape index (κ2) is 14.1. The zero-order valence-corrected chi connectivity index (χ0v) is 24.8. The summed E-state index contributed by atoms with van der Waals surface area (Å²) in [4.78, 5) is 54.4. The molecule has 4 amide bonds. The number of amides is 4. The number of fused-ring (bicyclic) bond motifs is 1. The van der Waals surface area contributed by atoms with Crippen LogP contribution < -0.4 is 15.4 Å². The minimum Gasteiger partial charge on any atom is -0.497 e. The van der Waals surface area contributed by atoms with Gasteiger partial charge in [-0.3, -0.25) is 9.59 Å². The predicted molar refractivity (Wildman–Crippen MR) is 165 cm³/mol. The SMILES string of the molecule is COc1ccc(CC(=O)N2CCCC(C(=O)N[C@@H](Cc3ccc(NC(=O)N4CCc5ccccc5C4)cc3)C(=O)O)C2)cc1. The quantitative estimate of drug-likeness (QED) is 0.343. The standard InChI is InChI=1S/C34H38N4O6/c1-44-29-14-10-24(11-15-29)20-31(39)37-17-4-7-27(22-37)32(40)36-30(33(41)42)19-23-8-12-28(13-9-23)35-34(43)38-18-16-25-5-2-3-6-26(25)21-38/h2-3,5-6,8-15,27,30H,4,7,16-22H2,1H3,(H,35,43)(H,36,40)(H,41,42)/t27?,30-/m0/s1. The number of anilines is 1. The Bertz CT molecular complexity index is 1490. The highest BCUT2D eigenvalue weighted by molar-refractivity contribution is 5.89. The molecule has 44 heavy (non-hydrogen) atoms. The predicted octanol–water partition coefficient (Wildman–Crippen LogP) is 3.88. The third-order valence-electron chi connectivity index (χ3n) is 8.34. The molecule has 1 fully saturated rings. The van der Waals surface area contributed by atoms with Crippen molar-refractivity contribution in [3.05, 3.63) is 95.1 Å². The molecule has 0 saturated carbocycles. The second-order valence-corrected chi connectivity index (χ2v) is 11.4. The Balaban J connectivity index is 1.12. The summed E-state index contributed by atoms with van der Waals surface area (Å²) in [7, 11) is 1.59. The Morgan fingerprint density at radius 2 is 1.61 bits per heavy atom. The first kappa shape index (κ1) is 30.6. The molecule has 0 radical (unpaired) electrons. The van der Waals surface area contributed by atoms with Gasteiger partial charge in [0.15, 0.2) is 0 Å². The number of aliphatic carboxylic acids is 1. The molecule has 5 rings (SSSR count). The smallest absolute Gasteiger partial charge is 0.326 e. The molecule has 2 heterocycles. The maximum atomic E-state index is 13.1. The monoisotopic (exact) mass is 598 g/mol. The summed E-state index contributed by atoms with van der Waals surface area (Å²) in [6.45, 7) is 2.01. The summed E-state index contributed by atoms with van der Waals surface area (Å²) in [5.74, 6) is -1.34. The summed E-state index contributed by atoms with van der Waals surface area (Å²) in [5, 5.41) is 15.5. The first-order valence-corrected chi connectivity index (χ1v) is 14.9. The molecule has 0 bridgehead atoms. The molecular weight excluding hydrogens is 560 g/mol. The number of benzene rings is 3. The van der Waals surface area contributed by atoms with E-state index in [1.54, 1.807) is 53.3 Å². The third kappa shape index (κ3) is 7.75. The highest BCUT2D eigenvalue weighted by Crippen LogP contribution is 2.21. The number of carboxylic acid groups (broad SMARTS) is 1. The summed E-state index contributed by atoms with van der Waals surface area (Å²) in [6.07, 6.45) is 2.37. The Hall–Kier alpha value is -4.86. The van der Waals surface area contributed by atoms with Crippen molar-refractivity contribution in [2.75, 3.05) is 32.1 Å². The fourth-order valence-electron chi connectivity index (χ4n) is 5.77. The van der Waals surface area contributed by atoms with Crippen LogP contribution in [0.1, 0.15) is 35.1 Å². The van der Waals surface area contributed by atoms with Gasteiger partial charge in [0.2, 0.25) is 11.8 Å². The number of urea groups is 1. The van der Waals surface area contributed by atoms with E-state index in [0.717, 1.165) is 17.5 Å². The molecule has 10 heteroatoms. The fourth-order valence-corrected chi connectivity index (χ4v) is 5.77. The molecule has 3 aromatic rings. The van der Waals surface area contributed by atoms with Gasteiger partial charge in [-0.15, -0.1) is 0 Å². The van der Waals surface area contributed by atoms with Crippen LogP contribution in [0.4, 0.5) is 10.5 Å². The molecule has 2 aliphatic rings. The summed E-state index contributed by atoms with van der Waals surface area (Å²) >= 11 is 0. The van der Waals surface area contributed by atoms with E-state index < -0.39 is 17.9 Å². The topological polar surface area (TPSA) is 128 Å². The van der Waals surface area contributed by atoms with E-state index in [-0.39, 0.29) is 37.2 Å². The van der Waals surface area contributed by atoms with Crippen molar-refractivity contribution in [2.24, 2.45) is 5.92 Å². The zero-order valence-electron chi connectivity index (χ0n) is 24.8. The number of hydrogen-bond donors (Lipinski definition) is 3. The van der Waals surface area contributed by atoms with Gasteiger partial charge in [-0.2, -0.15) is 0 Å². The lowest BCUT2D eigenvalue weighted by Gasteiger charge is -2.32. The van der Waals surface area contributed by atoms with E-state index in [4.69, 9.17) is 4.74 Å². The average molecular weight is 599 g/mol. The van der Waals surface area contributed by atoms with Gasteiger partial charge < -0.3 is 30.3 Å². The number of ether oxygens (including phenoxy) is 1. The fraction of sp³-hybridized carbons (Fsp3) is 0.353. The van der Waals surface area contributed by atoms with Crippen molar-refractivity contribution in [1.29, 1.82) is 0 Å². The van der Waals surface area contributed by atoms with E-state index in [9.17, 15) is 24.3 Å². The van der Waals surface area contributed by atoms with Gasteiger partial charge in [0.1, 0.15) is 11.8 Å². The van der Waals surface area contributed by atoms with Crippen molar-refractivity contribution in [3.8, 4) is 5.75 Å². The van der Waals surface area contributed by atoms with Crippen LogP contribution in [0.5, 0.6) is 5.75 Å². The number of piperidine rings is 1. The van der Waals surface area contributed by atoms with Gasteiger partial charge in [-0.25, -0.2) is 9.59 Å². The maximum absolute atomic E-state index is 13.1. The van der Waals surface area contributed by atoms with E-state index in [1.807, 2.05) is 30.3 Å². The summed E-state index contributed by atoms with van der Waals surface area (Å²) < 4.78 is 5.17. The molecule has 230 valence electrons. The van der Waals surface area contributed by atoms with Gasteiger partial charge in [0.05, 0.1) is 19.4 Å². The Kier molecular flexibility index (Phi) is 9.79. The van der Waals surface area contributed by atoms with Gasteiger partial charge >= 0.3 is 12.0 Å². The van der Waals surface area contributed by atoms with Gasteiger partial charge in [-0.05, 0) is 65.8 Å². The maximum Gasteiger partial charge on any atom is 0.326 e. The van der Waals surface area contributed by atoms with E-state index in [1.165, 1.54) is 5.56 Å². The van der Waals surface area contributed by atoms with E-state index >= 15 is 0 Å². The van der Waals surface area contributed by atoms with Crippen LogP contribution >= 0.6 is 0 Å². The molecule has 1 unspecified atom stereocenters. The number of carboxylic acids is 1. The lowest BCUT2D eigenvalue weighted by Crippen LogP contribution is -2.50. The van der Waals surface area contributed by atoms with Crippen molar-refractivity contribution in [3.63, 3.8) is 0 Å². The Morgan fingerprint density at radius 1 is 0.909 bits per heavy atom. The van der Waals surface area contributed by atoms with Crippen LogP contribution in [0.2, 0.25) is 0 Å². The first-order valence-electron chi connectivity index (χ1n) is 14.9. The summed E-state index contributed by atoms with van der Waals surface area (Å²) in [5.41, 5.74) is 4.58. The van der Waals surface area contributed by atoms with Crippen LogP contribution in [0.25, 0.3) is 0 Å². The number of nitrogens with zero attached hydrogens (tertiary/aromatic N) is 2. The molecule has 3 aromatic carbocycles. The molecule has 0 spiro atoms. The largest absolute Gasteiger partial charge is 0.497 e. The molecule has 0 aromatic heterocycles. The third-order valence-corrected chi connectivity index (χ3v) is 8.34. The lowest BCUT2D eigenvalue weighted by atomic mass is 9.95. The van der Waals surface area contributed by atoms with Crippen LogP contribution in [-0.4, -0.2) is 71.5 Å². The van der Waals surface area contributed by atoms with E-state index in [2.05, 4.69) is 16.7 Å². The molecule has 2 atom stereocenters. The van der Waals surface area contributed by atoms with Crippen LogP contribution in [-0.2, 0) is 40.2 Å². The first-order chi connectivity index (χ1) is 21.3. The zero-order chi connectivity index (χ0) is 31.1. The number of carbonyl (C=O) groups excluding carboxylic acids is 3. The lowest BCUT2D eigenvalue weighted by molar-refractivity contribution is -0.143. The number of hydrogen-bond acceptors (Lipinski definition) is 5. The molecule has 1 saturated heterocycles. The van der Waals surface area contributed by atoms with Crippen molar-refractivity contribution >= 4 is 29.5 Å². The van der Waals surface area contributed by atoms with Gasteiger partial charge in [-0.1, -0.05) is 48.5 Å². The molecule has 0 aliphatic carbocycles. The highest BCUT2D eigenvalue weighted by atomic mass is 16.5. The number of rotatable bonds is 9. The molecule has 2 aliphatic heterocycles. The van der Waals surface area contributed by atoms with Crippen LogP contribution in [0.15, 0.2) is 72.8 Å². The van der Waals surface area contributed by atoms with Crippen LogP contribution in [0, 0.1) is 5.92 Å². The van der Waals surface area contributed by atoms with Crippen LogP contribution in [0.3, 0.4) is 0 Å². The normalized spacial score (nSPS) is 16.8. The molecule has 10 nitrogen and oxygen atoms in total. The van der Waals surface area contributed by atoms with Crippen molar-refractivity contribution in [1.82, 2.24) is 15.1 Å². The minimum atomic E-state index is -1.13. The number of likely N-dealkylation sites (tertiary alicyclic amines) is 1. The molecule has 3 N–H and O–H groups in total. The van der Waals surface area contributed by atoms with Crippen molar-refractivity contribution < 1.29 is 29.0 Å². The van der Waals surface area contributed by atoms with Crippen molar-refractivity contribution in [2.45, 2.75) is 44.7 Å². The number of nitrogens with one attached hydrogen (secondary N) is 2. The highest BCUT2D eigenvalue weighted by Gasteiger charge is 2.31.